The summed E-state index contributed by atoms with van der Waals surface area (Å²) in [6.07, 6.45) is 1.11. The van der Waals surface area contributed by atoms with Crippen molar-refractivity contribution < 1.29 is 4.74 Å². The summed E-state index contributed by atoms with van der Waals surface area (Å²) in [5.41, 5.74) is 3.02. The molecule has 1 aliphatic heterocycles. The van der Waals surface area contributed by atoms with E-state index in [-0.39, 0.29) is 0 Å². The Bertz CT molecular complexity index is 708. The molecule has 0 aromatic heterocycles. The van der Waals surface area contributed by atoms with Gasteiger partial charge in [-0.3, -0.25) is 0 Å². The lowest BCUT2D eigenvalue weighted by Gasteiger charge is -2.21. The quantitative estimate of drug-likeness (QED) is 0.922. The average Bonchev–Trinajstić information content (AvgIpc) is 3.09. The van der Waals surface area contributed by atoms with Gasteiger partial charge in [0.1, 0.15) is 5.75 Å². The van der Waals surface area contributed by atoms with E-state index in [0.717, 1.165) is 43.1 Å². The highest BCUT2D eigenvalue weighted by Crippen LogP contribution is 2.30. The third kappa shape index (κ3) is 3.64. The van der Waals surface area contributed by atoms with Crippen LogP contribution in [0.3, 0.4) is 0 Å². The lowest BCUT2D eigenvalue weighted by Crippen LogP contribution is -2.32. The smallest absolute Gasteiger partial charge is 0.142 e. The number of para-hydroxylation sites is 2. The molecule has 0 saturated carbocycles. The maximum absolute atomic E-state index is 8.96. The molecule has 23 heavy (non-hydrogen) atoms. The van der Waals surface area contributed by atoms with Crippen LogP contribution < -0.4 is 15.0 Å². The summed E-state index contributed by atoms with van der Waals surface area (Å²) in [7, 11) is 1.72. The molecule has 1 N–H and O–H groups in total. The maximum atomic E-state index is 8.96. The Kier molecular flexibility index (Phi) is 4.80. The van der Waals surface area contributed by atoms with Crippen LogP contribution in [0, 0.1) is 11.3 Å². The zero-order valence-corrected chi connectivity index (χ0v) is 13.3. The standard InChI is InChI=1S/C19H21N3O/c1-23-19-8-3-2-7-18(19)22-10-9-17(14-22)21-13-16-6-4-5-15(11-16)12-20/h2-8,11,17,21H,9-10,13-14H2,1H3/t17-/m1/s1. The van der Waals surface area contributed by atoms with Crippen molar-refractivity contribution in [1.82, 2.24) is 5.32 Å². The van der Waals surface area contributed by atoms with Crippen LogP contribution in [0.1, 0.15) is 17.5 Å². The molecule has 1 aliphatic rings. The van der Waals surface area contributed by atoms with Crippen LogP contribution >= 0.6 is 0 Å². The van der Waals surface area contributed by atoms with Gasteiger partial charge in [0.15, 0.2) is 0 Å². The molecule has 0 spiro atoms. The molecule has 2 aromatic carbocycles. The van der Waals surface area contributed by atoms with Gasteiger partial charge in [-0.15, -0.1) is 0 Å². The molecule has 1 fully saturated rings. The number of nitriles is 1. The molecule has 0 radical (unpaired) electrons. The molecule has 4 nitrogen and oxygen atoms in total. The third-order valence-corrected chi connectivity index (χ3v) is 4.27. The van der Waals surface area contributed by atoms with Gasteiger partial charge < -0.3 is 15.0 Å². The largest absolute Gasteiger partial charge is 0.495 e. The van der Waals surface area contributed by atoms with Crippen LogP contribution in [0.15, 0.2) is 48.5 Å². The van der Waals surface area contributed by atoms with E-state index in [1.165, 1.54) is 0 Å². The monoisotopic (exact) mass is 307 g/mol. The average molecular weight is 307 g/mol. The minimum absolute atomic E-state index is 0.450. The van der Waals surface area contributed by atoms with E-state index in [4.69, 9.17) is 10.00 Å². The Morgan fingerprint density at radius 3 is 2.96 bits per heavy atom. The van der Waals surface area contributed by atoms with Crippen molar-refractivity contribution >= 4 is 5.69 Å². The Morgan fingerprint density at radius 2 is 2.13 bits per heavy atom. The second-order valence-corrected chi connectivity index (χ2v) is 5.80. The summed E-state index contributed by atoms with van der Waals surface area (Å²) in [5, 5.41) is 12.6. The molecule has 4 heteroatoms. The Balaban J connectivity index is 1.59. The first kappa shape index (κ1) is 15.4. The summed E-state index contributed by atoms with van der Waals surface area (Å²) >= 11 is 0. The lowest BCUT2D eigenvalue weighted by molar-refractivity contribution is 0.414. The molecule has 118 valence electrons. The first-order valence-corrected chi connectivity index (χ1v) is 7.90. The van der Waals surface area contributed by atoms with Crippen molar-refractivity contribution in [3.05, 3.63) is 59.7 Å². The maximum Gasteiger partial charge on any atom is 0.142 e. The minimum Gasteiger partial charge on any atom is -0.495 e. The van der Waals surface area contributed by atoms with E-state index in [1.54, 1.807) is 7.11 Å². The zero-order chi connectivity index (χ0) is 16.1. The molecule has 0 unspecified atom stereocenters. The van der Waals surface area contributed by atoms with Gasteiger partial charge in [-0.2, -0.15) is 5.26 Å². The highest BCUT2D eigenvalue weighted by atomic mass is 16.5. The highest BCUT2D eigenvalue weighted by molar-refractivity contribution is 5.59. The van der Waals surface area contributed by atoms with Crippen LogP contribution in [0.2, 0.25) is 0 Å². The lowest BCUT2D eigenvalue weighted by atomic mass is 10.1. The summed E-state index contributed by atoms with van der Waals surface area (Å²) < 4.78 is 5.46. The topological polar surface area (TPSA) is 48.3 Å². The summed E-state index contributed by atoms with van der Waals surface area (Å²) in [4.78, 5) is 2.36. The van der Waals surface area contributed by atoms with E-state index in [1.807, 2.05) is 36.4 Å². The fourth-order valence-corrected chi connectivity index (χ4v) is 3.05. The number of hydrogen-bond donors (Lipinski definition) is 1. The number of benzene rings is 2. The van der Waals surface area contributed by atoms with Gasteiger partial charge in [0.25, 0.3) is 0 Å². The molecular weight excluding hydrogens is 286 g/mol. The number of nitrogens with one attached hydrogen (secondary N) is 1. The minimum atomic E-state index is 0.450. The fourth-order valence-electron chi connectivity index (χ4n) is 3.05. The first-order valence-electron chi connectivity index (χ1n) is 7.90. The summed E-state index contributed by atoms with van der Waals surface area (Å²) in [6.45, 7) is 2.79. The predicted molar refractivity (Wildman–Crippen MR) is 91.6 cm³/mol. The van der Waals surface area contributed by atoms with Crippen LogP contribution in [-0.2, 0) is 6.54 Å². The number of rotatable bonds is 5. The SMILES string of the molecule is COc1ccccc1N1CC[C@@H](NCc2cccc(C#N)c2)C1. The van der Waals surface area contributed by atoms with E-state index >= 15 is 0 Å². The highest BCUT2D eigenvalue weighted by Gasteiger charge is 2.24. The van der Waals surface area contributed by atoms with Crippen molar-refractivity contribution in [1.29, 1.82) is 5.26 Å². The first-order chi connectivity index (χ1) is 11.3. The van der Waals surface area contributed by atoms with Crippen LogP contribution in [0.25, 0.3) is 0 Å². The second-order valence-electron chi connectivity index (χ2n) is 5.80. The fraction of sp³-hybridized carbons (Fsp3) is 0.316. The second kappa shape index (κ2) is 7.17. The van der Waals surface area contributed by atoms with E-state index in [9.17, 15) is 0 Å². The van der Waals surface area contributed by atoms with Crippen LogP contribution in [-0.4, -0.2) is 26.2 Å². The Morgan fingerprint density at radius 1 is 1.26 bits per heavy atom. The Hall–Kier alpha value is -2.51. The van der Waals surface area contributed by atoms with E-state index < -0.39 is 0 Å². The van der Waals surface area contributed by atoms with Crippen molar-refractivity contribution in [3.63, 3.8) is 0 Å². The van der Waals surface area contributed by atoms with Crippen molar-refractivity contribution in [2.75, 3.05) is 25.1 Å². The molecule has 0 aliphatic carbocycles. The molecule has 1 saturated heterocycles. The normalized spacial score (nSPS) is 17.0. The van der Waals surface area contributed by atoms with Crippen LogP contribution in [0.4, 0.5) is 5.69 Å². The van der Waals surface area contributed by atoms with Crippen molar-refractivity contribution in [2.45, 2.75) is 19.0 Å². The number of ether oxygens (including phenoxy) is 1. The van der Waals surface area contributed by atoms with Crippen LogP contribution in [0.5, 0.6) is 5.75 Å². The number of methoxy groups -OCH3 is 1. The van der Waals surface area contributed by atoms with Gasteiger partial charge in [0.05, 0.1) is 24.4 Å². The number of anilines is 1. The van der Waals surface area contributed by atoms with Gasteiger partial charge in [-0.05, 0) is 36.2 Å². The summed E-state index contributed by atoms with van der Waals surface area (Å²) in [6, 6.07) is 18.6. The van der Waals surface area contributed by atoms with E-state index in [0.29, 0.717) is 11.6 Å². The Labute approximate surface area is 137 Å². The molecule has 2 aromatic rings. The number of hydrogen-bond acceptors (Lipinski definition) is 4. The van der Waals surface area contributed by atoms with Gasteiger partial charge in [-0.25, -0.2) is 0 Å². The molecule has 3 rings (SSSR count). The molecule has 0 amide bonds. The summed E-state index contributed by atoms with van der Waals surface area (Å²) in [5.74, 6) is 0.926. The van der Waals surface area contributed by atoms with Gasteiger partial charge >= 0.3 is 0 Å². The van der Waals surface area contributed by atoms with Gasteiger partial charge in [-0.1, -0.05) is 24.3 Å². The van der Waals surface area contributed by atoms with Gasteiger partial charge in [0, 0.05) is 25.7 Å². The van der Waals surface area contributed by atoms with Crippen molar-refractivity contribution in [3.8, 4) is 11.8 Å². The molecule has 0 bridgehead atoms. The molecule has 1 heterocycles. The van der Waals surface area contributed by atoms with Crippen molar-refractivity contribution in [2.24, 2.45) is 0 Å². The van der Waals surface area contributed by atoms with Gasteiger partial charge in [0.2, 0.25) is 0 Å². The van der Waals surface area contributed by atoms with E-state index in [2.05, 4.69) is 28.4 Å². The molecule has 1 atom stereocenters. The zero-order valence-electron chi connectivity index (χ0n) is 13.3. The third-order valence-electron chi connectivity index (χ3n) is 4.27. The predicted octanol–water partition coefficient (Wildman–Crippen LogP) is 2.94. The number of nitrogens with zero attached hydrogens (tertiary/aromatic N) is 2. The molecular formula is C19H21N3O.